The quantitative estimate of drug-likeness (QED) is 0.689. The highest BCUT2D eigenvalue weighted by Gasteiger charge is 2.27. The highest BCUT2D eigenvalue weighted by atomic mass is 16.2. The Bertz CT molecular complexity index is 453. The Kier molecular flexibility index (Phi) is 2.59. The summed E-state index contributed by atoms with van der Waals surface area (Å²) in [5.74, 6) is 0.247. The van der Waals surface area contributed by atoms with Crippen LogP contribution in [0.15, 0.2) is 42.0 Å². The molecule has 1 aromatic carbocycles. The molecule has 0 aliphatic carbocycles. The molecule has 2 aliphatic heterocycles. The lowest BCUT2D eigenvalue weighted by Crippen LogP contribution is -2.49. The standard InChI is InChI=1S/C14H16N2O/c17-14-8-4-5-12-9-10-15(16(14)11-12)13-6-2-1-3-7-13/h1-3,6-7,9H,4-5,8,10-11H2. The van der Waals surface area contributed by atoms with E-state index in [2.05, 4.69) is 23.2 Å². The molecule has 1 fully saturated rings. The minimum Gasteiger partial charge on any atom is -0.279 e. The molecular formula is C14H16N2O. The summed E-state index contributed by atoms with van der Waals surface area (Å²) in [5.41, 5.74) is 2.50. The molecule has 0 aromatic heterocycles. The van der Waals surface area contributed by atoms with Crippen molar-refractivity contribution in [2.24, 2.45) is 0 Å². The van der Waals surface area contributed by atoms with Gasteiger partial charge in [-0.1, -0.05) is 29.8 Å². The highest BCUT2D eigenvalue weighted by Crippen LogP contribution is 2.26. The van der Waals surface area contributed by atoms with Gasteiger partial charge in [0.15, 0.2) is 0 Å². The SMILES string of the molecule is O=C1CCCC2=CCN(c3ccccc3)N1C2. The third kappa shape index (κ3) is 1.93. The molecule has 2 bridgehead atoms. The van der Waals surface area contributed by atoms with E-state index in [1.54, 1.807) is 0 Å². The third-order valence-electron chi connectivity index (χ3n) is 3.43. The molecule has 0 unspecified atom stereocenters. The Morgan fingerprint density at radius 3 is 2.65 bits per heavy atom. The minimum absolute atomic E-state index is 0.247. The minimum atomic E-state index is 0.247. The number of fused-ring (bicyclic) bond motifs is 2. The molecule has 0 saturated carbocycles. The number of anilines is 1. The number of hydrogen-bond donors (Lipinski definition) is 0. The Labute approximate surface area is 101 Å². The van der Waals surface area contributed by atoms with Gasteiger partial charge < -0.3 is 0 Å². The maximum atomic E-state index is 12.1. The molecule has 2 heterocycles. The summed E-state index contributed by atoms with van der Waals surface area (Å²) in [6.07, 6.45) is 5.00. The zero-order valence-corrected chi connectivity index (χ0v) is 9.80. The smallest absolute Gasteiger partial charge is 0.241 e. The molecule has 3 rings (SSSR count). The third-order valence-corrected chi connectivity index (χ3v) is 3.43. The average molecular weight is 228 g/mol. The lowest BCUT2D eigenvalue weighted by atomic mass is 10.1. The molecule has 0 atom stereocenters. The first-order chi connectivity index (χ1) is 8.34. The summed E-state index contributed by atoms with van der Waals surface area (Å²) >= 11 is 0. The van der Waals surface area contributed by atoms with Crippen molar-refractivity contribution in [3.8, 4) is 0 Å². The number of hydrogen-bond acceptors (Lipinski definition) is 2. The van der Waals surface area contributed by atoms with E-state index in [9.17, 15) is 4.79 Å². The van der Waals surface area contributed by atoms with Gasteiger partial charge in [-0.15, -0.1) is 0 Å². The number of amides is 1. The summed E-state index contributed by atoms with van der Waals surface area (Å²) < 4.78 is 0. The maximum absolute atomic E-state index is 12.1. The number of rotatable bonds is 1. The molecule has 1 amide bonds. The van der Waals surface area contributed by atoms with E-state index in [-0.39, 0.29) is 5.91 Å². The summed E-state index contributed by atoms with van der Waals surface area (Å²) in [6, 6.07) is 10.1. The number of hydrazine groups is 1. The van der Waals surface area contributed by atoms with Gasteiger partial charge in [-0.25, -0.2) is 5.01 Å². The first-order valence-corrected chi connectivity index (χ1v) is 6.15. The predicted octanol–water partition coefficient (Wildman–Crippen LogP) is 2.36. The van der Waals surface area contributed by atoms with Crippen molar-refractivity contribution in [1.29, 1.82) is 0 Å². The molecule has 3 heteroatoms. The highest BCUT2D eigenvalue weighted by molar-refractivity contribution is 5.79. The zero-order chi connectivity index (χ0) is 11.7. The van der Waals surface area contributed by atoms with Crippen molar-refractivity contribution in [3.05, 3.63) is 42.0 Å². The van der Waals surface area contributed by atoms with Gasteiger partial charge in [0.2, 0.25) is 5.91 Å². The molecule has 2 aliphatic rings. The molecule has 0 N–H and O–H groups in total. The number of nitrogens with zero attached hydrogens (tertiary/aromatic N) is 2. The normalized spacial score (nSPS) is 20.0. The fourth-order valence-corrected chi connectivity index (χ4v) is 2.50. The van der Waals surface area contributed by atoms with E-state index >= 15 is 0 Å². The molecule has 1 aromatic rings. The van der Waals surface area contributed by atoms with Gasteiger partial charge in [0, 0.05) is 6.42 Å². The molecule has 1 saturated heterocycles. The van der Waals surface area contributed by atoms with Crippen molar-refractivity contribution in [3.63, 3.8) is 0 Å². The number of carbonyl (C=O) groups is 1. The van der Waals surface area contributed by atoms with Crippen LogP contribution >= 0.6 is 0 Å². The zero-order valence-electron chi connectivity index (χ0n) is 9.80. The van der Waals surface area contributed by atoms with Gasteiger partial charge >= 0.3 is 0 Å². The summed E-state index contributed by atoms with van der Waals surface area (Å²) in [7, 11) is 0. The molecule has 0 radical (unpaired) electrons. The topological polar surface area (TPSA) is 23.6 Å². The van der Waals surface area contributed by atoms with Crippen LogP contribution in [0.5, 0.6) is 0 Å². The van der Waals surface area contributed by atoms with Crippen molar-refractivity contribution in [2.75, 3.05) is 18.1 Å². The molecule has 3 nitrogen and oxygen atoms in total. The summed E-state index contributed by atoms with van der Waals surface area (Å²) in [6.45, 7) is 1.58. The van der Waals surface area contributed by atoms with Gasteiger partial charge in [0.05, 0.1) is 18.8 Å². The van der Waals surface area contributed by atoms with Crippen LogP contribution in [0.25, 0.3) is 0 Å². The molecule has 0 spiro atoms. The Morgan fingerprint density at radius 2 is 1.82 bits per heavy atom. The molecule has 88 valence electrons. The van der Waals surface area contributed by atoms with E-state index in [1.165, 1.54) is 5.57 Å². The lowest BCUT2D eigenvalue weighted by molar-refractivity contribution is -0.131. The number of carbonyl (C=O) groups excluding carboxylic acids is 1. The van der Waals surface area contributed by atoms with Crippen LogP contribution in [0.1, 0.15) is 19.3 Å². The molecule has 17 heavy (non-hydrogen) atoms. The monoisotopic (exact) mass is 228 g/mol. The van der Waals surface area contributed by atoms with Crippen LogP contribution in [0.2, 0.25) is 0 Å². The first-order valence-electron chi connectivity index (χ1n) is 6.15. The predicted molar refractivity (Wildman–Crippen MR) is 67.4 cm³/mol. The second-order valence-electron chi connectivity index (χ2n) is 4.58. The Balaban J connectivity index is 1.94. The van der Waals surface area contributed by atoms with Gasteiger partial charge in [0.1, 0.15) is 0 Å². The number of para-hydroxylation sites is 1. The van der Waals surface area contributed by atoms with Crippen molar-refractivity contribution in [1.82, 2.24) is 5.01 Å². The van der Waals surface area contributed by atoms with Crippen molar-refractivity contribution in [2.45, 2.75) is 19.3 Å². The first kappa shape index (κ1) is 10.4. The van der Waals surface area contributed by atoms with Crippen molar-refractivity contribution < 1.29 is 4.79 Å². The van der Waals surface area contributed by atoms with E-state index in [0.29, 0.717) is 6.42 Å². The van der Waals surface area contributed by atoms with Crippen LogP contribution in [0.4, 0.5) is 5.69 Å². The van der Waals surface area contributed by atoms with Gasteiger partial charge in [-0.3, -0.25) is 9.80 Å². The second kappa shape index (κ2) is 4.24. The van der Waals surface area contributed by atoms with E-state index in [1.807, 2.05) is 23.2 Å². The second-order valence-corrected chi connectivity index (χ2v) is 4.58. The van der Waals surface area contributed by atoms with Gasteiger partial charge in [-0.2, -0.15) is 0 Å². The van der Waals surface area contributed by atoms with Gasteiger partial charge in [-0.05, 0) is 25.0 Å². The fourth-order valence-electron chi connectivity index (χ4n) is 2.50. The summed E-state index contributed by atoms with van der Waals surface area (Å²) in [5, 5.41) is 3.98. The Morgan fingerprint density at radius 1 is 1.00 bits per heavy atom. The van der Waals surface area contributed by atoms with E-state index < -0.39 is 0 Å². The largest absolute Gasteiger partial charge is 0.279 e. The van der Waals surface area contributed by atoms with Crippen LogP contribution in [0, 0.1) is 0 Å². The van der Waals surface area contributed by atoms with Crippen molar-refractivity contribution >= 4 is 11.6 Å². The average Bonchev–Trinajstić information content (AvgIpc) is 2.52. The Hall–Kier alpha value is -1.77. The van der Waals surface area contributed by atoms with Crippen LogP contribution < -0.4 is 5.01 Å². The lowest BCUT2D eigenvalue weighted by Gasteiger charge is -2.38. The number of benzene rings is 1. The van der Waals surface area contributed by atoms with Gasteiger partial charge in [0.25, 0.3) is 0 Å². The van der Waals surface area contributed by atoms with E-state index in [0.717, 1.165) is 31.6 Å². The van der Waals surface area contributed by atoms with Crippen LogP contribution in [-0.4, -0.2) is 24.0 Å². The summed E-state index contributed by atoms with van der Waals surface area (Å²) in [4.78, 5) is 12.1. The van der Waals surface area contributed by atoms with E-state index in [4.69, 9.17) is 0 Å². The van der Waals surface area contributed by atoms with Crippen LogP contribution in [0.3, 0.4) is 0 Å². The van der Waals surface area contributed by atoms with Crippen LogP contribution in [-0.2, 0) is 4.79 Å². The maximum Gasteiger partial charge on any atom is 0.241 e. The molecular weight excluding hydrogens is 212 g/mol. The fraction of sp³-hybridized carbons (Fsp3) is 0.357.